The van der Waals surface area contributed by atoms with Crippen LogP contribution in [0.25, 0.3) is 0 Å². The highest BCUT2D eigenvalue weighted by atomic mass is 16.5. The number of rotatable bonds is 0. The molecule has 2 heterocycles. The molecular weight excluding hydrogens is 200 g/mol. The Morgan fingerprint density at radius 2 is 1.50 bits per heavy atom. The summed E-state index contributed by atoms with van der Waals surface area (Å²) < 4.78 is 5.52. The van der Waals surface area contributed by atoms with Gasteiger partial charge in [0.05, 0.1) is 6.67 Å². The predicted molar refractivity (Wildman–Crippen MR) is 65.8 cm³/mol. The van der Waals surface area contributed by atoms with E-state index >= 15 is 0 Å². The Morgan fingerprint density at radius 1 is 1.00 bits per heavy atom. The molecule has 0 bridgehead atoms. The molecule has 1 saturated heterocycles. The monoisotopic (exact) mass is 220 g/mol. The van der Waals surface area contributed by atoms with Gasteiger partial charge in [0.2, 0.25) is 0 Å². The van der Waals surface area contributed by atoms with Gasteiger partial charge in [-0.3, -0.25) is 9.80 Å². The van der Waals surface area contributed by atoms with E-state index in [-0.39, 0.29) is 0 Å². The molecule has 2 aliphatic heterocycles. The summed E-state index contributed by atoms with van der Waals surface area (Å²) in [5, 5.41) is 0. The van der Waals surface area contributed by atoms with Gasteiger partial charge in [0, 0.05) is 13.1 Å². The normalized spacial score (nSPS) is 24.0. The maximum atomic E-state index is 5.52. The van der Waals surface area contributed by atoms with Crippen LogP contribution in [0, 0.1) is 0 Å². The van der Waals surface area contributed by atoms with Crippen molar-refractivity contribution in [1.29, 1.82) is 0 Å². The van der Waals surface area contributed by atoms with Gasteiger partial charge >= 0.3 is 0 Å². The van der Waals surface area contributed by atoms with Gasteiger partial charge in [0.25, 0.3) is 0 Å². The van der Waals surface area contributed by atoms with Crippen LogP contribution >= 0.6 is 0 Å². The molecule has 0 amide bonds. The Bertz CT molecular complexity index is 347. The van der Waals surface area contributed by atoms with Crippen LogP contribution in [0.1, 0.15) is 13.8 Å². The number of likely N-dealkylation sites (N-methyl/N-ethyl adjacent to an activating group) is 2. The van der Waals surface area contributed by atoms with Crippen molar-refractivity contribution in [2.45, 2.75) is 13.8 Å². The van der Waals surface area contributed by atoms with Crippen LogP contribution < -0.4 is 0 Å². The third-order valence-electron chi connectivity index (χ3n) is 2.85. The molecule has 0 spiro atoms. The Labute approximate surface area is 97.7 Å². The first-order valence-corrected chi connectivity index (χ1v) is 5.68. The molecular formula is C13H20N2O. The number of nitrogens with zero attached hydrogens (tertiary/aromatic N) is 2. The molecule has 16 heavy (non-hydrogen) atoms. The molecule has 1 fully saturated rings. The molecule has 0 radical (unpaired) electrons. The molecule has 0 unspecified atom stereocenters. The lowest BCUT2D eigenvalue weighted by Gasteiger charge is -2.33. The predicted octanol–water partition coefficient (Wildman–Crippen LogP) is 1.96. The van der Waals surface area contributed by atoms with E-state index in [0.717, 1.165) is 31.3 Å². The van der Waals surface area contributed by atoms with Gasteiger partial charge in [-0.1, -0.05) is 0 Å². The summed E-state index contributed by atoms with van der Waals surface area (Å²) in [6.07, 6.45) is 4.27. The minimum Gasteiger partial charge on any atom is -0.467 e. The summed E-state index contributed by atoms with van der Waals surface area (Å²) in [6, 6.07) is 0. The van der Waals surface area contributed by atoms with E-state index in [4.69, 9.17) is 4.74 Å². The van der Waals surface area contributed by atoms with E-state index in [1.165, 1.54) is 11.1 Å². The quantitative estimate of drug-likeness (QED) is 0.620. The Hall–Kier alpha value is -1.06. The van der Waals surface area contributed by atoms with Crippen LogP contribution in [0.15, 0.2) is 34.8 Å². The average molecular weight is 220 g/mol. The van der Waals surface area contributed by atoms with Crippen molar-refractivity contribution in [3.63, 3.8) is 0 Å². The maximum absolute atomic E-state index is 5.52. The summed E-state index contributed by atoms with van der Waals surface area (Å²) in [6.45, 7) is 7.15. The summed E-state index contributed by atoms with van der Waals surface area (Å²) in [4.78, 5) is 4.65. The molecule has 2 rings (SSSR count). The Balaban J connectivity index is 2.29. The van der Waals surface area contributed by atoms with Gasteiger partial charge in [0.15, 0.2) is 0 Å². The first-order valence-electron chi connectivity index (χ1n) is 5.68. The first kappa shape index (κ1) is 11.4. The molecule has 0 aromatic heterocycles. The highest BCUT2D eigenvalue weighted by Gasteiger charge is 2.18. The highest BCUT2D eigenvalue weighted by molar-refractivity contribution is 5.41. The first-order chi connectivity index (χ1) is 7.54. The van der Waals surface area contributed by atoms with Gasteiger partial charge in [-0.05, 0) is 51.2 Å². The van der Waals surface area contributed by atoms with Gasteiger partial charge in [-0.15, -0.1) is 0 Å². The van der Waals surface area contributed by atoms with Crippen LogP contribution in [-0.4, -0.2) is 43.7 Å². The zero-order valence-electron chi connectivity index (χ0n) is 10.6. The fourth-order valence-electron chi connectivity index (χ4n) is 2.39. The lowest BCUT2D eigenvalue weighted by atomic mass is 10.0. The minimum atomic E-state index is 0.985. The third kappa shape index (κ3) is 2.54. The van der Waals surface area contributed by atoms with E-state index in [9.17, 15) is 0 Å². The van der Waals surface area contributed by atoms with Crippen LogP contribution in [-0.2, 0) is 4.74 Å². The number of hydrogen-bond donors (Lipinski definition) is 0. The molecule has 0 N–H and O–H groups in total. The standard InChI is InChI=1S/C13H20N2O/c1-10-5-12(6-11(2)16-10)13-7-14(3)9-15(4)8-13/h5-6H,7-9H2,1-4H3. The van der Waals surface area contributed by atoms with Crippen molar-refractivity contribution in [2.24, 2.45) is 0 Å². The largest absolute Gasteiger partial charge is 0.467 e. The molecule has 2 aliphatic rings. The summed E-state index contributed by atoms with van der Waals surface area (Å²) >= 11 is 0. The molecule has 0 aromatic carbocycles. The molecule has 88 valence electrons. The van der Waals surface area contributed by atoms with Crippen molar-refractivity contribution in [3.8, 4) is 0 Å². The van der Waals surface area contributed by atoms with Crippen molar-refractivity contribution in [3.05, 3.63) is 34.8 Å². The topological polar surface area (TPSA) is 15.7 Å². The van der Waals surface area contributed by atoms with E-state index in [1.54, 1.807) is 0 Å². The maximum Gasteiger partial charge on any atom is 0.101 e. The number of allylic oxidation sites excluding steroid dienone is 5. The third-order valence-corrected chi connectivity index (χ3v) is 2.85. The van der Waals surface area contributed by atoms with Gasteiger partial charge in [-0.2, -0.15) is 0 Å². The Morgan fingerprint density at radius 3 is 2.00 bits per heavy atom. The van der Waals surface area contributed by atoms with E-state index in [2.05, 4.69) is 36.0 Å². The van der Waals surface area contributed by atoms with E-state index in [0.29, 0.717) is 0 Å². The van der Waals surface area contributed by atoms with Crippen molar-refractivity contribution < 1.29 is 4.74 Å². The van der Waals surface area contributed by atoms with Gasteiger partial charge in [0.1, 0.15) is 11.5 Å². The van der Waals surface area contributed by atoms with Crippen molar-refractivity contribution >= 4 is 0 Å². The molecule has 3 heteroatoms. The van der Waals surface area contributed by atoms with E-state index < -0.39 is 0 Å². The zero-order chi connectivity index (χ0) is 11.7. The highest BCUT2D eigenvalue weighted by Crippen LogP contribution is 2.23. The number of ether oxygens (including phenoxy) is 1. The van der Waals surface area contributed by atoms with Crippen LogP contribution in [0.2, 0.25) is 0 Å². The lowest BCUT2D eigenvalue weighted by Crippen LogP contribution is -2.42. The second-order valence-corrected chi connectivity index (χ2v) is 4.84. The van der Waals surface area contributed by atoms with Crippen LogP contribution in [0.3, 0.4) is 0 Å². The van der Waals surface area contributed by atoms with E-state index in [1.807, 2.05) is 13.8 Å². The average Bonchev–Trinajstić information content (AvgIpc) is 2.14. The van der Waals surface area contributed by atoms with Crippen molar-refractivity contribution in [1.82, 2.24) is 9.80 Å². The summed E-state index contributed by atoms with van der Waals surface area (Å²) in [7, 11) is 4.31. The fraction of sp³-hybridized carbons (Fsp3) is 0.538. The smallest absolute Gasteiger partial charge is 0.101 e. The Kier molecular flexibility index (Phi) is 3.17. The SMILES string of the molecule is CC1=CC(=C2CN(C)CN(C)C2)C=C(C)O1. The molecule has 0 aromatic rings. The number of hydrogen-bond acceptors (Lipinski definition) is 3. The van der Waals surface area contributed by atoms with Gasteiger partial charge in [-0.25, -0.2) is 0 Å². The fourth-order valence-corrected chi connectivity index (χ4v) is 2.39. The summed E-state index contributed by atoms with van der Waals surface area (Å²) in [5.74, 6) is 1.97. The summed E-state index contributed by atoms with van der Waals surface area (Å²) in [5.41, 5.74) is 2.79. The zero-order valence-corrected chi connectivity index (χ0v) is 10.6. The molecule has 3 nitrogen and oxygen atoms in total. The lowest BCUT2D eigenvalue weighted by molar-refractivity contribution is 0.168. The second-order valence-electron chi connectivity index (χ2n) is 4.84. The second kappa shape index (κ2) is 4.44. The van der Waals surface area contributed by atoms with Crippen molar-refractivity contribution in [2.75, 3.05) is 33.9 Å². The molecule has 0 saturated carbocycles. The van der Waals surface area contributed by atoms with Crippen LogP contribution in [0.5, 0.6) is 0 Å². The molecule has 0 aliphatic carbocycles. The molecule has 0 atom stereocenters. The minimum absolute atomic E-state index is 0.985. The van der Waals surface area contributed by atoms with Gasteiger partial charge < -0.3 is 4.74 Å². The van der Waals surface area contributed by atoms with Crippen LogP contribution in [0.4, 0.5) is 0 Å².